The highest BCUT2D eigenvalue weighted by Gasteiger charge is 2.13. The van der Waals surface area contributed by atoms with E-state index in [1.54, 1.807) is 30.3 Å². The molecule has 5 heteroatoms. The van der Waals surface area contributed by atoms with Gasteiger partial charge in [0.1, 0.15) is 0 Å². The maximum absolute atomic E-state index is 12.1. The van der Waals surface area contributed by atoms with E-state index in [1.165, 1.54) is 0 Å². The minimum Gasteiger partial charge on any atom is -0.200 e. The fourth-order valence-corrected chi connectivity index (χ4v) is 2.76. The van der Waals surface area contributed by atoms with E-state index in [-0.39, 0.29) is 4.90 Å². The van der Waals surface area contributed by atoms with E-state index in [9.17, 15) is 8.42 Å². The summed E-state index contributed by atoms with van der Waals surface area (Å²) in [5.41, 5.74) is 0.898. The molecule has 0 aliphatic carbocycles. The molecule has 0 amide bonds. The monoisotopic (exact) mass is 296 g/mol. The average molecular weight is 296 g/mol. The van der Waals surface area contributed by atoms with Crippen LogP contribution in [0.5, 0.6) is 0 Å². The third kappa shape index (κ3) is 5.74. The molecule has 1 N–H and O–H groups in total. The Hall–Kier alpha value is -1.36. The predicted molar refractivity (Wildman–Crippen MR) is 83.1 cm³/mol. The van der Waals surface area contributed by atoms with Crippen molar-refractivity contribution >= 4 is 15.7 Å². The minimum absolute atomic E-state index is 0.234. The molecule has 1 aromatic carbocycles. The van der Waals surface area contributed by atoms with Gasteiger partial charge in [-0.05, 0) is 36.8 Å². The molecule has 0 aliphatic heterocycles. The van der Waals surface area contributed by atoms with Gasteiger partial charge in [-0.1, -0.05) is 45.9 Å². The summed E-state index contributed by atoms with van der Waals surface area (Å²) < 4.78 is 24.2. The molecule has 0 bridgehead atoms. The number of benzene rings is 1. The van der Waals surface area contributed by atoms with Gasteiger partial charge in [-0.2, -0.15) is 13.5 Å². The Morgan fingerprint density at radius 3 is 2.00 bits per heavy atom. The molecule has 4 nitrogen and oxygen atoms in total. The Morgan fingerprint density at radius 1 is 1.05 bits per heavy atom. The Bertz CT molecular complexity index is 522. The second kappa shape index (κ2) is 7.43. The van der Waals surface area contributed by atoms with Crippen LogP contribution in [0.25, 0.3) is 0 Å². The Morgan fingerprint density at radius 2 is 1.55 bits per heavy atom. The first-order chi connectivity index (χ1) is 9.31. The van der Waals surface area contributed by atoms with Crippen LogP contribution in [0.15, 0.2) is 40.3 Å². The van der Waals surface area contributed by atoms with Gasteiger partial charge in [0.2, 0.25) is 0 Å². The Kier molecular flexibility index (Phi) is 6.20. The number of nitrogens with zero attached hydrogens (tertiary/aromatic N) is 1. The zero-order valence-corrected chi connectivity index (χ0v) is 13.4. The number of hydrogen-bond acceptors (Lipinski definition) is 3. The second-order valence-electron chi connectivity index (χ2n) is 5.78. The van der Waals surface area contributed by atoms with Crippen molar-refractivity contribution in [1.82, 2.24) is 4.83 Å². The van der Waals surface area contributed by atoms with Crippen LogP contribution in [-0.4, -0.2) is 14.1 Å². The molecular formula is C15H24N2O2S. The van der Waals surface area contributed by atoms with Crippen molar-refractivity contribution in [2.75, 3.05) is 0 Å². The topological polar surface area (TPSA) is 58.5 Å². The molecule has 0 aromatic heterocycles. The van der Waals surface area contributed by atoms with Gasteiger partial charge in [0, 0.05) is 5.71 Å². The van der Waals surface area contributed by atoms with E-state index < -0.39 is 10.0 Å². The summed E-state index contributed by atoms with van der Waals surface area (Å²) in [6.07, 6.45) is 1.60. The van der Waals surface area contributed by atoms with E-state index in [0.29, 0.717) is 11.8 Å². The maximum atomic E-state index is 12.1. The lowest BCUT2D eigenvalue weighted by Gasteiger charge is -2.12. The molecule has 1 aromatic rings. The van der Waals surface area contributed by atoms with Crippen molar-refractivity contribution in [3.63, 3.8) is 0 Å². The largest absolute Gasteiger partial charge is 0.276 e. The lowest BCUT2D eigenvalue weighted by Crippen LogP contribution is -2.21. The van der Waals surface area contributed by atoms with Crippen LogP contribution >= 0.6 is 0 Å². The van der Waals surface area contributed by atoms with Gasteiger partial charge in [0.25, 0.3) is 10.0 Å². The van der Waals surface area contributed by atoms with E-state index in [2.05, 4.69) is 37.6 Å². The fourth-order valence-electron chi connectivity index (χ4n) is 1.89. The summed E-state index contributed by atoms with van der Waals surface area (Å²) >= 11 is 0. The average Bonchev–Trinajstić information content (AvgIpc) is 2.36. The molecular weight excluding hydrogens is 272 g/mol. The van der Waals surface area contributed by atoms with Gasteiger partial charge in [-0.3, -0.25) is 0 Å². The smallest absolute Gasteiger partial charge is 0.200 e. The number of rotatable bonds is 7. The van der Waals surface area contributed by atoms with Crippen LogP contribution in [0, 0.1) is 11.8 Å². The van der Waals surface area contributed by atoms with Gasteiger partial charge in [-0.25, -0.2) is 4.83 Å². The van der Waals surface area contributed by atoms with Crippen molar-refractivity contribution in [2.45, 2.75) is 45.4 Å². The zero-order valence-electron chi connectivity index (χ0n) is 12.6. The van der Waals surface area contributed by atoms with Crippen LogP contribution in [0.4, 0.5) is 0 Å². The van der Waals surface area contributed by atoms with E-state index in [0.717, 1.165) is 18.6 Å². The number of sulfonamides is 1. The van der Waals surface area contributed by atoms with Gasteiger partial charge < -0.3 is 0 Å². The van der Waals surface area contributed by atoms with Crippen molar-refractivity contribution in [1.29, 1.82) is 0 Å². The molecule has 0 aliphatic rings. The molecule has 0 atom stereocenters. The van der Waals surface area contributed by atoms with E-state index in [4.69, 9.17) is 0 Å². The summed E-state index contributed by atoms with van der Waals surface area (Å²) in [7, 11) is -3.56. The van der Waals surface area contributed by atoms with Gasteiger partial charge in [0.15, 0.2) is 0 Å². The predicted octanol–water partition coefficient (Wildman–Crippen LogP) is 3.41. The molecule has 0 spiro atoms. The molecule has 0 saturated carbocycles. The summed E-state index contributed by atoms with van der Waals surface area (Å²) in [6.45, 7) is 8.40. The maximum Gasteiger partial charge on any atom is 0.276 e. The van der Waals surface area contributed by atoms with Crippen molar-refractivity contribution in [3.05, 3.63) is 30.3 Å². The van der Waals surface area contributed by atoms with Gasteiger partial charge >= 0.3 is 0 Å². The second-order valence-corrected chi connectivity index (χ2v) is 7.44. The van der Waals surface area contributed by atoms with Crippen molar-refractivity contribution < 1.29 is 8.42 Å². The Labute approximate surface area is 122 Å². The quantitative estimate of drug-likeness (QED) is 0.619. The van der Waals surface area contributed by atoms with Crippen molar-refractivity contribution in [2.24, 2.45) is 16.9 Å². The molecule has 0 saturated heterocycles. The van der Waals surface area contributed by atoms with Crippen LogP contribution in [0.2, 0.25) is 0 Å². The summed E-state index contributed by atoms with van der Waals surface area (Å²) in [5, 5.41) is 4.13. The highest BCUT2D eigenvalue weighted by molar-refractivity contribution is 7.89. The first kappa shape index (κ1) is 16.7. The Balaban J connectivity index is 2.85. The summed E-state index contributed by atoms with van der Waals surface area (Å²) in [6, 6.07) is 8.29. The molecule has 0 heterocycles. The van der Waals surface area contributed by atoms with Gasteiger partial charge in [0.05, 0.1) is 4.90 Å². The number of hydrazone groups is 1. The lowest BCUT2D eigenvalue weighted by atomic mass is 9.99. The number of hydrogen-bond donors (Lipinski definition) is 1. The van der Waals surface area contributed by atoms with E-state index in [1.807, 2.05) is 0 Å². The summed E-state index contributed by atoms with van der Waals surface area (Å²) in [5.74, 6) is 0.905. The highest BCUT2D eigenvalue weighted by atomic mass is 32.2. The van der Waals surface area contributed by atoms with Crippen LogP contribution in [0.1, 0.15) is 40.5 Å². The summed E-state index contributed by atoms with van der Waals surface area (Å²) in [4.78, 5) is 2.58. The molecule has 112 valence electrons. The molecule has 0 unspecified atom stereocenters. The molecule has 0 fully saturated rings. The van der Waals surface area contributed by atoms with Crippen LogP contribution < -0.4 is 4.83 Å². The zero-order chi connectivity index (χ0) is 15.2. The van der Waals surface area contributed by atoms with Crippen LogP contribution in [0.3, 0.4) is 0 Å². The highest BCUT2D eigenvalue weighted by Crippen LogP contribution is 2.11. The van der Waals surface area contributed by atoms with Crippen molar-refractivity contribution in [3.8, 4) is 0 Å². The standard InChI is InChI=1S/C15H24N2O2S/c1-12(2)10-14(11-13(3)4)16-17-20(18,19)15-8-6-5-7-9-15/h5-9,12-13,17H,10-11H2,1-4H3. The first-order valence-corrected chi connectivity index (χ1v) is 8.42. The third-order valence-corrected chi connectivity index (χ3v) is 3.89. The van der Waals surface area contributed by atoms with Crippen LogP contribution in [-0.2, 0) is 10.0 Å². The van der Waals surface area contributed by atoms with E-state index >= 15 is 0 Å². The number of nitrogens with one attached hydrogen (secondary N) is 1. The lowest BCUT2D eigenvalue weighted by molar-refractivity contribution is 0.581. The van der Waals surface area contributed by atoms with Gasteiger partial charge in [-0.15, -0.1) is 0 Å². The fraction of sp³-hybridized carbons (Fsp3) is 0.533. The molecule has 1 rings (SSSR count). The third-order valence-electron chi connectivity index (χ3n) is 2.67. The minimum atomic E-state index is -3.56. The molecule has 0 radical (unpaired) electrons. The normalized spacial score (nSPS) is 11.7. The SMILES string of the molecule is CC(C)CC(CC(C)C)=NNS(=O)(=O)c1ccccc1. The first-order valence-electron chi connectivity index (χ1n) is 6.93. The molecule has 20 heavy (non-hydrogen) atoms.